The molecule has 1 amide bonds. The normalized spacial score (nSPS) is 12.0. The number of phenols is 1. The Balaban J connectivity index is 1.98. The second-order valence-electron chi connectivity index (χ2n) is 5.34. The number of carbonyl (C=O) groups is 2. The van der Waals surface area contributed by atoms with Gasteiger partial charge >= 0.3 is 5.97 Å². The standard InChI is InChI=1S/C16H19N3O4/c1-10(2)19-14(8-9-17-19)18-15(21)11(3)23-16(22)12-4-6-13(20)7-5-12/h4-11,20H,1-3H3,(H,18,21)/t11-/m0/s1. The second-order valence-corrected chi connectivity index (χ2v) is 5.34. The van der Waals surface area contributed by atoms with Crippen LogP contribution in [0.5, 0.6) is 5.75 Å². The van der Waals surface area contributed by atoms with E-state index in [0.717, 1.165) is 0 Å². The summed E-state index contributed by atoms with van der Waals surface area (Å²) in [5.41, 5.74) is 0.259. The van der Waals surface area contributed by atoms with E-state index in [-0.39, 0.29) is 17.4 Å². The van der Waals surface area contributed by atoms with Crippen LogP contribution in [0.15, 0.2) is 36.5 Å². The van der Waals surface area contributed by atoms with Gasteiger partial charge in [0.1, 0.15) is 11.6 Å². The van der Waals surface area contributed by atoms with Crippen molar-refractivity contribution in [2.45, 2.75) is 32.9 Å². The number of anilines is 1. The summed E-state index contributed by atoms with van der Waals surface area (Å²) in [4.78, 5) is 24.1. The number of amides is 1. The largest absolute Gasteiger partial charge is 0.508 e. The molecule has 0 spiro atoms. The third kappa shape index (κ3) is 4.09. The highest BCUT2D eigenvalue weighted by Gasteiger charge is 2.20. The van der Waals surface area contributed by atoms with E-state index in [2.05, 4.69) is 10.4 Å². The van der Waals surface area contributed by atoms with Gasteiger partial charge in [-0.25, -0.2) is 9.48 Å². The van der Waals surface area contributed by atoms with Crippen LogP contribution in [0.2, 0.25) is 0 Å². The molecule has 1 aromatic heterocycles. The third-order valence-corrected chi connectivity index (χ3v) is 3.17. The molecule has 2 rings (SSSR count). The highest BCUT2D eigenvalue weighted by atomic mass is 16.5. The lowest BCUT2D eigenvalue weighted by atomic mass is 10.2. The van der Waals surface area contributed by atoms with Gasteiger partial charge in [0.05, 0.1) is 11.8 Å². The zero-order valence-electron chi connectivity index (χ0n) is 13.2. The van der Waals surface area contributed by atoms with Crippen LogP contribution in [-0.2, 0) is 9.53 Å². The molecule has 0 aliphatic carbocycles. The lowest BCUT2D eigenvalue weighted by molar-refractivity contribution is -0.123. The molecule has 1 atom stereocenters. The molecule has 0 unspecified atom stereocenters. The fourth-order valence-corrected chi connectivity index (χ4v) is 1.93. The molecule has 23 heavy (non-hydrogen) atoms. The first kappa shape index (κ1) is 16.5. The number of ether oxygens (including phenoxy) is 1. The molecule has 2 N–H and O–H groups in total. The Hall–Kier alpha value is -2.83. The van der Waals surface area contributed by atoms with Crippen molar-refractivity contribution in [3.8, 4) is 5.75 Å². The fraction of sp³-hybridized carbons (Fsp3) is 0.312. The lowest BCUT2D eigenvalue weighted by Gasteiger charge is -2.15. The predicted molar refractivity (Wildman–Crippen MR) is 84.2 cm³/mol. The second kappa shape index (κ2) is 6.95. The van der Waals surface area contributed by atoms with Crippen LogP contribution in [0.25, 0.3) is 0 Å². The maximum Gasteiger partial charge on any atom is 0.338 e. The van der Waals surface area contributed by atoms with Crippen molar-refractivity contribution in [3.05, 3.63) is 42.1 Å². The van der Waals surface area contributed by atoms with Gasteiger partial charge in [-0.3, -0.25) is 4.79 Å². The van der Waals surface area contributed by atoms with Gasteiger partial charge in [-0.05, 0) is 45.0 Å². The van der Waals surface area contributed by atoms with Gasteiger partial charge in [-0.1, -0.05) is 0 Å². The Morgan fingerprint density at radius 1 is 1.17 bits per heavy atom. The number of carbonyl (C=O) groups excluding carboxylic acids is 2. The number of benzene rings is 1. The Labute approximate surface area is 133 Å². The van der Waals surface area contributed by atoms with Gasteiger partial charge in [0.2, 0.25) is 0 Å². The van der Waals surface area contributed by atoms with E-state index in [1.54, 1.807) is 16.9 Å². The van der Waals surface area contributed by atoms with E-state index in [0.29, 0.717) is 5.82 Å². The topological polar surface area (TPSA) is 93.5 Å². The number of rotatable bonds is 5. The summed E-state index contributed by atoms with van der Waals surface area (Å²) in [5, 5.41) is 16.0. The summed E-state index contributed by atoms with van der Waals surface area (Å²) in [5.74, 6) is -0.489. The molecule has 7 nitrogen and oxygen atoms in total. The summed E-state index contributed by atoms with van der Waals surface area (Å²) in [7, 11) is 0. The van der Waals surface area contributed by atoms with Gasteiger partial charge in [-0.2, -0.15) is 5.10 Å². The van der Waals surface area contributed by atoms with Crippen molar-refractivity contribution in [2.24, 2.45) is 0 Å². The van der Waals surface area contributed by atoms with Gasteiger partial charge in [0.15, 0.2) is 6.10 Å². The number of aromatic hydroxyl groups is 1. The Bertz CT molecular complexity index is 692. The SMILES string of the molecule is CC(C)n1nccc1NC(=O)[C@H](C)OC(=O)c1ccc(O)cc1. The molecule has 2 aromatic rings. The van der Waals surface area contributed by atoms with Crippen molar-refractivity contribution >= 4 is 17.7 Å². The van der Waals surface area contributed by atoms with E-state index in [4.69, 9.17) is 4.74 Å². The maximum absolute atomic E-state index is 12.1. The highest BCUT2D eigenvalue weighted by molar-refractivity contribution is 5.96. The highest BCUT2D eigenvalue weighted by Crippen LogP contribution is 2.15. The Morgan fingerprint density at radius 2 is 1.83 bits per heavy atom. The summed E-state index contributed by atoms with van der Waals surface area (Å²) in [6.07, 6.45) is 0.620. The average molecular weight is 317 g/mol. The molecule has 0 radical (unpaired) electrons. The molecule has 0 saturated heterocycles. The zero-order chi connectivity index (χ0) is 17.0. The van der Waals surface area contributed by atoms with Crippen LogP contribution >= 0.6 is 0 Å². The van der Waals surface area contributed by atoms with Gasteiger partial charge in [0.25, 0.3) is 5.91 Å². The number of nitrogens with one attached hydrogen (secondary N) is 1. The summed E-state index contributed by atoms with van der Waals surface area (Å²) >= 11 is 0. The minimum absolute atomic E-state index is 0.0503. The number of esters is 1. The van der Waals surface area contributed by atoms with Crippen LogP contribution in [0.4, 0.5) is 5.82 Å². The first-order chi connectivity index (χ1) is 10.9. The molecule has 122 valence electrons. The number of phenolic OH excluding ortho intramolecular Hbond substituents is 1. The van der Waals surface area contributed by atoms with E-state index in [9.17, 15) is 14.7 Å². The van der Waals surface area contributed by atoms with Gasteiger partial charge in [-0.15, -0.1) is 0 Å². The summed E-state index contributed by atoms with van der Waals surface area (Å²) in [6.45, 7) is 5.37. The summed E-state index contributed by atoms with van der Waals surface area (Å²) in [6, 6.07) is 7.37. The van der Waals surface area contributed by atoms with E-state index in [1.165, 1.54) is 31.2 Å². The molecule has 0 aliphatic rings. The van der Waals surface area contributed by atoms with E-state index < -0.39 is 18.0 Å². The minimum atomic E-state index is -0.966. The lowest BCUT2D eigenvalue weighted by Crippen LogP contribution is -2.31. The molecular weight excluding hydrogens is 298 g/mol. The predicted octanol–water partition coefficient (Wildman–Crippen LogP) is 2.35. The molecule has 1 aromatic carbocycles. The van der Waals surface area contributed by atoms with E-state index in [1.807, 2.05) is 13.8 Å². The van der Waals surface area contributed by atoms with Crippen LogP contribution in [0.1, 0.15) is 37.2 Å². The maximum atomic E-state index is 12.1. The van der Waals surface area contributed by atoms with Crippen molar-refractivity contribution in [2.75, 3.05) is 5.32 Å². The molecule has 0 aliphatic heterocycles. The Morgan fingerprint density at radius 3 is 2.43 bits per heavy atom. The quantitative estimate of drug-likeness (QED) is 0.826. The summed E-state index contributed by atoms with van der Waals surface area (Å²) < 4.78 is 6.78. The number of hydrogen-bond donors (Lipinski definition) is 2. The van der Waals surface area contributed by atoms with Crippen molar-refractivity contribution < 1.29 is 19.4 Å². The molecule has 7 heteroatoms. The third-order valence-electron chi connectivity index (χ3n) is 3.17. The number of aromatic nitrogens is 2. The zero-order valence-corrected chi connectivity index (χ0v) is 13.2. The van der Waals surface area contributed by atoms with Crippen LogP contribution < -0.4 is 5.32 Å². The first-order valence-corrected chi connectivity index (χ1v) is 7.23. The van der Waals surface area contributed by atoms with Crippen LogP contribution in [0, 0.1) is 0 Å². The molecule has 0 fully saturated rings. The fourth-order valence-electron chi connectivity index (χ4n) is 1.93. The van der Waals surface area contributed by atoms with E-state index >= 15 is 0 Å². The molecular formula is C16H19N3O4. The minimum Gasteiger partial charge on any atom is -0.508 e. The smallest absolute Gasteiger partial charge is 0.338 e. The molecule has 1 heterocycles. The number of nitrogens with zero attached hydrogens (tertiary/aromatic N) is 2. The van der Waals surface area contributed by atoms with Crippen LogP contribution in [0.3, 0.4) is 0 Å². The van der Waals surface area contributed by atoms with Crippen molar-refractivity contribution in [1.82, 2.24) is 9.78 Å². The number of hydrogen-bond acceptors (Lipinski definition) is 5. The molecule has 0 saturated carbocycles. The Kier molecular flexibility index (Phi) is 5.00. The van der Waals surface area contributed by atoms with Crippen molar-refractivity contribution in [3.63, 3.8) is 0 Å². The molecule has 0 bridgehead atoms. The van der Waals surface area contributed by atoms with Crippen molar-refractivity contribution in [1.29, 1.82) is 0 Å². The van der Waals surface area contributed by atoms with Crippen LogP contribution in [-0.4, -0.2) is 32.9 Å². The van der Waals surface area contributed by atoms with Gasteiger partial charge in [0, 0.05) is 12.1 Å². The first-order valence-electron chi connectivity index (χ1n) is 7.23. The monoisotopic (exact) mass is 317 g/mol. The average Bonchev–Trinajstić information content (AvgIpc) is 2.96. The van der Waals surface area contributed by atoms with Gasteiger partial charge < -0.3 is 15.2 Å².